The SMILES string of the molecule is Cc1nc2c(C(N)=O)cnn2c(C)c1CCC(=O)N(C)CC(=O)Nc1ccccc1. The molecule has 0 atom stereocenters. The van der Waals surface area contributed by atoms with Gasteiger partial charge in [-0.05, 0) is 38.0 Å². The number of hydrogen-bond acceptors (Lipinski definition) is 5. The van der Waals surface area contributed by atoms with Gasteiger partial charge in [-0.3, -0.25) is 14.4 Å². The summed E-state index contributed by atoms with van der Waals surface area (Å²) in [5, 5.41) is 6.95. The largest absolute Gasteiger partial charge is 0.365 e. The number of nitrogens with zero attached hydrogens (tertiary/aromatic N) is 4. The Kier molecular flexibility index (Phi) is 6.10. The molecule has 2 aromatic heterocycles. The maximum atomic E-state index is 12.5. The van der Waals surface area contributed by atoms with Gasteiger partial charge in [-0.2, -0.15) is 5.10 Å². The third-order valence-electron chi connectivity index (χ3n) is 4.93. The summed E-state index contributed by atoms with van der Waals surface area (Å²) in [6.07, 6.45) is 2.05. The predicted octanol–water partition coefficient (Wildman–Crippen LogP) is 1.47. The Bertz CT molecular complexity index is 1110. The predicted molar refractivity (Wildman–Crippen MR) is 112 cm³/mol. The second kappa shape index (κ2) is 8.73. The molecule has 3 aromatic rings. The van der Waals surface area contributed by atoms with Crippen LogP contribution in [0.2, 0.25) is 0 Å². The molecule has 2 heterocycles. The van der Waals surface area contributed by atoms with Crippen LogP contribution in [-0.4, -0.2) is 50.8 Å². The van der Waals surface area contributed by atoms with Crippen LogP contribution in [0.25, 0.3) is 5.65 Å². The number of fused-ring (bicyclic) bond motifs is 1. The average molecular weight is 408 g/mol. The third kappa shape index (κ3) is 4.45. The zero-order valence-electron chi connectivity index (χ0n) is 17.2. The molecule has 3 N–H and O–H groups in total. The zero-order valence-corrected chi connectivity index (χ0v) is 17.2. The van der Waals surface area contributed by atoms with Gasteiger partial charge in [-0.25, -0.2) is 9.50 Å². The lowest BCUT2D eigenvalue weighted by molar-refractivity contribution is -0.133. The van der Waals surface area contributed by atoms with Gasteiger partial charge in [0.15, 0.2) is 5.65 Å². The van der Waals surface area contributed by atoms with Gasteiger partial charge in [0.2, 0.25) is 11.8 Å². The number of carbonyl (C=O) groups excluding carboxylic acids is 3. The lowest BCUT2D eigenvalue weighted by Gasteiger charge is -2.18. The maximum Gasteiger partial charge on any atom is 0.254 e. The van der Waals surface area contributed by atoms with Crippen LogP contribution in [0.1, 0.15) is 33.7 Å². The second-order valence-corrected chi connectivity index (χ2v) is 7.08. The summed E-state index contributed by atoms with van der Waals surface area (Å²) in [6, 6.07) is 9.08. The normalized spacial score (nSPS) is 10.8. The van der Waals surface area contributed by atoms with Crippen molar-refractivity contribution in [2.45, 2.75) is 26.7 Å². The van der Waals surface area contributed by atoms with Gasteiger partial charge in [-0.15, -0.1) is 0 Å². The molecule has 3 rings (SSSR count). The van der Waals surface area contributed by atoms with Crippen molar-refractivity contribution in [3.05, 3.63) is 59.0 Å². The molecule has 0 aliphatic heterocycles. The van der Waals surface area contributed by atoms with Gasteiger partial charge >= 0.3 is 0 Å². The smallest absolute Gasteiger partial charge is 0.254 e. The molecule has 1 aromatic carbocycles. The van der Waals surface area contributed by atoms with E-state index in [1.54, 1.807) is 23.7 Å². The summed E-state index contributed by atoms with van der Waals surface area (Å²) < 4.78 is 1.56. The summed E-state index contributed by atoms with van der Waals surface area (Å²) in [4.78, 5) is 42.0. The summed E-state index contributed by atoms with van der Waals surface area (Å²) >= 11 is 0. The molecule has 0 spiro atoms. The highest BCUT2D eigenvalue weighted by Gasteiger charge is 2.18. The number of para-hydroxylation sites is 1. The molecule has 156 valence electrons. The van der Waals surface area contributed by atoms with E-state index < -0.39 is 5.91 Å². The fourth-order valence-electron chi connectivity index (χ4n) is 3.29. The monoisotopic (exact) mass is 408 g/mol. The minimum absolute atomic E-state index is 0.0376. The van der Waals surface area contributed by atoms with Crippen LogP contribution < -0.4 is 11.1 Å². The molecule has 0 saturated carbocycles. The van der Waals surface area contributed by atoms with Gasteiger partial charge in [-0.1, -0.05) is 18.2 Å². The second-order valence-electron chi connectivity index (χ2n) is 7.08. The van der Waals surface area contributed by atoms with Crippen LogP contribution in [0, 0.1) is 13.8 Å². The number of nitrogens with two attached hydrogens (primary N) is 1. The Hall–Kier alpha value is -3.75. The van der Waals surface area contributed by atoms with Gasteiger partial charge < -0.3 is 16.0 Å². The highest BCUT2D eigenvalue weighted by atomic mass is 16.2. The van der Waals surface area contributed by atoms with Gasteiger partial charge in [0.05, 0.1) is 12.7 Å². The van der Waals surface area contributed by atoms with Crippen molar-refractivity contribution in [3.63, 3.8) is 0 Å². The zero-order chi connectivity index (χ0) is 21.8. The quantitative estimate of drug-likeness (QED) is 0.613. The molecule has 9 nitrogen and oxygen atoms in total. The third-order valence-corrected chi connectivity index (χ3v) is 4.93. The summed E-state index contributed by atoms with van der Waals surface area (Å²) in [5.74, 6) is -1.01. The van der Waals surface area contributed by atoms with Gasteiger partial charge in [0, 0.05) is 30.5 Å². The van der Waals surface area contributed by atoms with Crippen LogP contribution in [0.5, 0.6) is 0 Å². The topological polar surface area (TPSA) is 123 Å². The van der Waals surface area contributed by atoms with E-state index in [-0.39, 0.29) is 30.3 Å². The molecule has 9 heteroatoms. The molecule has 0 fully saturated rings. The Balaban J connectivity index is 1.64. The first-order valence-corrected chi connectivity index (χ1v) is 9.50. The standard InChI is InChI=1S/C21H24N6O3/c1-13-16(14(2)27-21(24-13)17(11-23-27)20(22)30)9-10-19(29)26(3)12-18(28)25-15-7-5-4-6-8-15/h4-8,11H,9-10,12H2,1-3H3,(H2,22,30)(H,25,28). The number of primary amides is 1. The number of benzene rings is 1. The van der Waals surface area contributed by atoms with Crippen molar-refractivity contribution in [2.75, 3.05) is 18.9 Å². The highest BCUT2D eigenvalue weighted by Crippen LogP contribution is 2.18. The number of hydrogen-bond donors (Lipinski definition) is 2. The molecule has 0 unspecified atom stereocenters. The van der Waals surface area contributed by atoms with E-state index in [2.05, 4.69) is 15.4 Å². The van der Waals surface area contributed by atoms with E-state index in [4.69, 9.17) is 5.73 Å². The van der Waals surface area contributed by atoms with Crippen LogP contribution in [-0.2, 0) is 16.0 Å². The molecule has 0 aliphatic rings. The molecule has 30 heavy (non-hydrogen) atoms. The van der Waals surface area contributed by atoms with Gasteiger partial charge in [0.1, 0.15) is 5.56 Å². The number of rotatable bonds is 7. The van der Waals surface area contributed by atoms with Crippen molar-refractivity contribution in [1.29, 1.82) is 0 Å². The molecule has 0 bridgehead atoms. The van der Waals surface area contributed by atoms with E-state index in [9.17, 15) is 14.4 Å². The first-order chi connectivity index (χ1) is 14.3. The number of aromatic nitrogens is 3. The van der Waals surface area contributed by atoms with E-state index in [1.807, 2.05) is 32.0 Å². The van der Waals surface area contributed by atoms with E-state index >= 15 is 0 Å². The van der Waals surface area contributed by atoms with Gasteiger partial charge in [0.25, 0.3) is 5.91 Å². The lowest BCUT2D eigenvalue weighted by atomic mass is 10.1. The number of aryl methyl sites for hydroxylation is 2. The van der Waals surface area contributed by atoms with Crippen LogP contribution in [0.3, 0.4) is 0 Å². The fraction of sp³-hybridized carbons (Fsp3) is 0.286. The Morgan fingerprint density at radius 3 is 2.53 bits per heavy atom. The summed E-state index contributed by atoms with van der Waals surface area (Å²) in [7, 11) is 1.60. The summed E-state index contributed by atoms with van der Waals surface area (Å²) in [6.45, 7) is 3.64. The molecular formula is C21H24N6O3. The number of anilines is 1. The Morgan fingerprint density at radius 2 is 1.87 bits per heavy atom. The van der Waals surface area contributed by atoms with Crippen molar-refractivity contribution >= 4 is 29.1 Å². The Labute approximate surface area is 173 Å². The highest BCUT2D eigenvalue weighted by molar-refractivity contribution is 5.98. The van der Waals surface area contributed by atoms with E-state index in [0.717, 1.165) is 11.3 Å². The Morgan fingerprint density at radius 1 is 1.17 bits per heavy atom. The van der Waals surface area contributed by atoms with Crippen molar-refractivity contribution in [3.8, 4) is 0 Å². The van der Waals surface area contributed by atoms with Crippen molar-refractivity contribution < 1.29 is 14.4 Å². The van der Waals surface area contributed by atoms with Crippen LogP contribution in [0.15, 0.2) is 36.5 Å². The molecule has 3 amide bonds. The number of likely N-dealkylation sites (N-methyl/N-ethyl adjacent to an activating group) is 1. The fourth-order valence-corrected chi connectivity index (χ4v) is 3.29. The first-order valence-electron chi connectivity index (χ1n) is 9.50. The van der Waals surface area contributed by atoms with Crippen molar-refractivity contribution in [1.82, 2.24) is 19.5 Å². The first kappa shape index (κ1) is 21.0. The number of amides is 3. The molecule has 0 radical (unpaired) electrons. The molecule has 0 saturated heterocycles. The molecule has 0 aliphatic carbocycles. The number of carbonyl (C=O) groups is 3. The summed E-state index contributed by atoms with van der Waals surface area (Å²) in [5.41, 5.74) is 9.09. The van der Waals surface area contributed by atoms with Crippen LogP contribution >= 0.6 is 0 Å². The minimum atomic E-state index is -0.588. The van der Waals surface area contributed by atoms with E-state index in [1.165, 1.54) is 11.1 Å². The maximum absolute atomic E-state index is 12.5. The lowest BCUT2D eigenvalue weighted by Crippen LogP contribution is -2.35. The minimum Gasteiger partial charge on any atom is -0.365 e. The van der Waals surface area contributed by atoms with Crippen molar-refractivity contribution in [2.24, 2.45) is 5.73 Å². The van der Waals surface area contributed by atoms with E-state index in [0.29, 0.717) is 23.4 Å². The number of nitrogens with one attached hydrogen (secondary N) is 1. The average Bonchev–Trinajstić information content (AvgIpc) is 3.12. The molecular weight excluding hydrogens is 384 g/mol. The van der Waals surface area contributed by atoms with Crippen LogP contribution in [0.4, 0.5) is 5.69 Å².